The predicted molar refractivity (Wildman–Crippen MR) is 87.4 cm³/mol. The molecule has 1 aliphatic carbocycles. The molecule has 1 aromatic heterocycles. The first-order valence-electron chi connectivity index (χ1n) is 8.46. The van der Waals surface area contributed by atoms with Crippen LogP contribution in [0.25, 0.3) is 0 Å². The maximum Gasteiger partial charge on any atom is 0.498 e. The zero-order valence-corrected chi connectivity index (χ0v) is 14.4. The fourth-order valence-electron chi connectivity index (χ4n) is 3.00. The molecule has 0 atom stereocenters. The highest BCUT2D eigenvalue weighted by atomic mass is 19.1. The van der Waals surface area contributed by atoms with Crippen molar-refractivity contribution in [3.63, 3.8) is 0 Å². The average molecular weight is 321 g/mol. The second-order valence-electron chi connectivity index (χ2n) is 7.51. The predicted octanol–water partition coefficient (Wildman–Crippen LogP) is 3.23. The van der Waals surface area contributed by atoms with E-state index in [2.05, 4.69) is 4.98 Å². The van der Waals surface area contributed by atoms with Gasteiger partial charge in [0.1, 0.15) is 11.9 Å². The van der Waals surface area contributed by atoms with Crippen LogP contribution >= 0.6 is 0 Å². The van der Waals surface area contributed by atoms with E-state index in [4.69, 9.17) is 14.0 Å². The molecule has 0 bridgehead atoms. The molecule has 6 heteroatoms. The van der Waals surface area contributed by atoms with Gasteiger partial charge in [-0.1, -0.05) is 6.42 Å². The van der Waals surface area contributed by atoms with Crippen molar-refractivity contribution in [3.05, 3.63) is 18.1 Å². The first-order chi connectivity index (χ1) is 10.8. The quantitative estimate of drug-likeness (QED) is 0.802. The minimum absolute atomic E-state index is 0.174. The van der Waals surface area contributed by atoms with Gasteiger partial charge in [-0.25, -0.2) is 9.37 Å². The maximum atomic E-state index is 14.2. The molecule has 4 nitrogen and oxygen atoms in total. The lowest BCUT2D eigenvalue weighted by atomic mass is 9.79. The summed E-state index contributed by atoms with van der Waals surface area (Å²) < 4.78 is 32.0. The summed E-state index contributed by atoms with van der Waals surface area (Å²) in [6.45, 7) is 7.80. The fraction of sp³-hybridized carbons (Fsp3) is 0.706. The number of hydrogen-bond donors (Lipinski definition) is 0. The van der Waals surface area contributed by atoms with Crippen LogP contribution in [0.3, 0.4) is 0 Å². The van der Waals surface area contributed by atoms with Crippen molar-refractivity contribution < 1.29 is 18.4 Å². The summed E-state index contributed by atoms with van der Waals surface area (Å²) >= 11 is 0. The maximum absolute atomic E-state index is 14.2. The molecule has 3 rings (SSSR count). The van der Waals surface area contributed by atoms with Crippen molar-refractivity contribution in [2.75, 3.05) is 0 Å². The van der Waals surface area contributed by atoms with E-state index in [9.17, 15) is 4.39 Å². The first kappa shape index (κ1) is 16.7. The number of nitrogens with zero attached hydrogens (tertiary/aromatic N) is 1. The number of hydrogen-bond acceptors (Lipinski definition) is 4. The second kappa shape index (κ2) is 6.06. The fourth-order valence-corrected chi connectivity index (χ4v) is 3.00. The van der Waals surface area contributed by atoms with E-state index in [-0.39, 0.29) is 6.10 Å². The number of pyridine rings is 1. The topological polar surface area (TPSA) is 40.6 Å². The van der Waals surface area contributed by atoms with E-state index in [0.717, 1.165) is 12.8 Å². The van der Waals surface area contributed by atoms with Gasteiger partial charge in [-0.15, -0.1) is 0 Å². The molecule has 1 aromatic rings. The van der Waals surface area contributed by atoms with E-state index in [1.54, 1.807) is 6.07 Å². The van der Waals surface area contributed by atoms with E-state index >= 15 is 0 Å². The number of rotatable bonds is 3. The van der Waals surface area contributed by atoms with Crippen molar-refractivity contribution in [3.8, 4) is 5.88 Å². The second-order valence-corrected chi connectivity index (χ2v) is 7.51. The molecule has 2 fully saturated rings. The van der Waals surface area contributed by atoms with Gasteiger partial charge in [0.2, 0.25) is 5.88 Å². The van der Waals surface area contributed by atoms with Gasteiger partial charge in [-0.3, -0.25) is 0 Å². The number of ether oxygens (including phenoxy) is 1. The molecule has 0 N–H and O–H groups in total. The highest BCUT2D eigenvalue weighted by molar-refractivity contribution is 6.62. The molecule has 1 aliphatic heterocycles. The Kier molecular flexibility index (Phi) is 4.40. The minimum atomic E-state index is -0.739. The zero-order valence-electron chi connectivity index (χ0n) is 14.4. The SMILES string of the molecule is CC1(C)OB(c2cc(OC3CCCCC3)ncc2F)OC1(C)C. The number of halogens is 1. The Labute approximate surface area is 137 Å². The van der Waals surface area contributed by atoms with Crippen LogP contribution in [0, 0.1) is 5.82 Å². The molecule has 1 saturated carbocycles. The summed E-state index contributed by atoms with van der Waals surface area (Å²) in [5, 5.41) is 0. The van der Waals surface area contributed by atoms with Crippen LogP contribution in [0.1, 0.15) is 59.8 Å². The molecule has 126 valence electrons. The Morgan fingerprint density at radius 3 is 2.35 bits per heavy atom. The standard InChI is InChI=1S/C17H25BFNO3/c1-16(2)17(3,4)23-18(22-16)13-10-15(20-11-14(13)19)21-12-8-6-5-7-9-12/h10-12H,5-9H2,1-4H3. The van der Waals surface area contributed by atoms with Gasteiger partial charge < -0.3 is 14.0 Å². The lowest BCUT2D eigenvalue weighted by molar-refractivity contribution is 0.00578. The molecule has 1 saturated heterocycles. The van der Waals surface area contributed by atoms with Gasteiger partial charge in [0.15, 0.2) is 0 Å². The molecular formula is C17H25BFNO3. The molecule has 0 aromatic carbocycles. The van der Waals surface area contributed by atoms with Crippen LogP contribution in [0.4, 0.5) is 4.39 Å². The Hall–Kier alpha value is -1.14. The van der Waals surface area contributed by atoms with Crippen LogP contribution in [-0.4, -0.2) is 29.4 Å². The lowest BCUT2D eigenvalue weighted by Gasteiger charge is -2.32. The van der Waals surface area contributed by atoms with Crippen LogP contribution in [0.2, 0.25) is 0 Å². The van der Waals surface area contributed by atoms with E-state index in [1.807, 2.05) is 27.7 Å². The molecule has 0 amide bonds. The molecule has 0 spiro atoms. The van der Waals surface area contributed by atoms with Gasteiger partial charge in [0.25, 0.3) is 0 Å². The molecule has 0 radical (unpaired) electrons. The molecule has 23 heavy (non-hydrogen) atoms. The van der Waals surface area contributed by atoms with Crippen molar-refractivity contribution >= 4 is 12.6 Å². The van der Waals surface area contributed by atoms with Crippen molar-refractivity contribution in [1.82, 2.24) is 4.98 Å². The third-order valence-electron chi connectivity index (χ3n) is 5.21. The summed E-state index contributed by atoms with van der Waals surface area (Å²) in [6.07, 6.45) is 7.05. The largest absolute Gasteiger partial charge is 0.498 e. The summed E-state index contributed by atoms with van der Waals surface area (Å²) in [5.74, 6) is 0.0162. The average Bonchev–Trinajstić information content (AvgIpc) is 2.70. The monoisotopic (exact) mass is 321 g/mol. The summed E-state index contributed by atoms with van der Waals surface area (Å²) in [6, 6.07) is 1.62. The van der Waals surface area contributed by atoms with E-state index in [1.165, 1.54) is 25.5 Å². The highest BCUT2D eigenvalue weighted by Crippen LogP contribution is 2.36. The van der Waals surface area contributed by atoms with Crippen molar-refractivity contribution in [2.24, 2.45) is 0 Å². The molecule has 2 heterocycles. The smallest absolute Gasteiger partial charge is 0.474 e. The Balaban J connectivity index is 1.78. The minimum Gasteiger partial charge on any atom is -0.474 e. The van der Waals surface area contributed by atoms with Crippen LogP contribution in [-0.2, 0) is 9.31 Å². The van der Waals surface area contributed by atoms with E-state index in [0.29, 0.717) is 11.3 Å². The third kappa shape index (κ3) is 3.38. The van der Waals surface area contributed by atoms with Crippen molar-refractivity contribution in [1.29, 1.82) is 0 Å². The summed E-state index contributed by atoms with van der Waals surface area (Å²) in [7, 11) is -0.739. The lowest BCUT2D eigenvalue weighted by Crippen LogP contribution is -2.41. The van der Waals surface area contributed by atoms with E-state index < -0.39 is 24.1 Å². The van der Waals surface area contributed by atoms with Crippen LogP contribution < -0.4 is 10.2 Å². The highest BCUT2D eigenvalue weighted by Gasteiger charge is 2.52. The Morgan fingerprint density at radius 1 is 1.13 bits per heavy atom. The first-order valence-corrected chi connectivity index (χ1v) is 8.46. The van der Waals surface area contributed by atoms with Gasteiger partial charge in [0, 0.05) is 11.5 Å². The summed E-state index contributed by atoms with van der Waals surface area (Å²) in [4.78, 5) is 4.07. The van der Waals surface area contributed by atoms with Gasteiger partial charge in [0.05, 0.1) is 17.4 Å². The normalized spacial score (nSPS) is 24.0. The third-order valence-corrected chi connectivity index (χ3v) is 5.21. The van der Waals surface area contributed by atoms with Crippen molar-refractivity contribution in [2.45, 2.75) is 77.1 Å². The Morgan fingerprint density at radius 2 is 1.74 bits per heavy atom. The molecular weight excluding hydrogens is 296 g/mol. The van der Waals surface area contributed by atoms with Gasteiger partial charge in [-0.05, 0) is 53.4 Å². The Bertz CT molecular complexity index is 557. The van der Waals surface area contributed by atoms with Gasteiger partial charge in [-0.2, -0.15) is 0 Å². The molecule has 2 aliphatic rings. The van der Waals surface area contributed by atoms with Crippen LogP contribution in [0.15, 0.2) is 12.3 Å². The zero-order chi connectivity index (χ0) is 16.7. The number of aromatic nitrogens is 1. The van der Waals surface area contributed by atoms with Crippen LogP contribution in [0.5, 0.6) is 5.88 Å². The molecule has 0 unspecified atom stereocenters. The summed E-state index contributed by atoms with van der Waals surface area (Å²) in [5.41, 5.74) is -0.653. The van der Waals surface area contributed by atoms with Gasteiger partial charge >= 0.3 is 7.12 Å².